The van der Waals surface area contributed by atoms with Gasteiger partial charge in [-0.25, -0.2) is 9.18 Å². The maximum atomic E-state index is 13.2. The molecule has 3 aromatic rings. The second-order valence-corrected chi connectivity index (χ2v) is 5.88. The van der Waals surface area contributed by atoms with Gasteiger partial charge in [-0.15, -0.1) is 10.2 Å². The van der Waals surface area contributed by atoms with Gasteiger partial charge in [-0.2, -0.15) is 0 Å². The van der Waals surface area contributed by atoms with E-state index in [1.807, 2.05) is 34.9 Å². The molecule has 0 bridgehead atoms. The van der Waals surface area contributed by atoms with E-state index in [0.29, 0.717) is 5.82 Å². The largest absolute Gasteiger partial charge is 0.335 e. The molecule has 1 fully saturated rings. The van der Waals surface area contributed by atoms with Crippen LogP contribution in [0.2, 0.25) is 0 Å². The van der Waals surface area contributed by atoms with Crippen LogP contribution in [0.25, 0.3) is 5.65 Å². The number of pyridine rings is 1. The molecule has 1 aliphatic rings. The van der Waals surface area contributed by atoms with E-state index in [9.17, 15) is 9.18 Å². The Bertz CT molecular complexity index is 893. The number of nitrogens with zero attached hydrogens (tertiary/aromatic N) is 3. The van der Waals surface area contributed by atoms with Gasteiger partial charge in [0, 0.05) is 18.2 Å². The molecule has 2 N–H and O–H groups in total. The maximum absolute atomic E-state index is 13.2. The fourth-order valence-corrected chi connectivity index (χ4v) is 2.85. The van der Waals surface area contributed by atoms with Crippen LogP contribution in [0.15, 0.2) is 48.7 Å². The number of hydrogen-bond acceptors (Lipinski definition) is 3. The Morgan fingerprint density at radius 1 is 1.25 bits per heavy atom. The van der Waals surface area contributed by atoms with Crippen LogP contribution in [0.1, 0.15) is 23.7 Å². The van der Waals surface area contributed by atoms with Crippen LogP contribution in [0, 0.1) is 5.82 Å². The molecule has 0 spiro atoms. The van der Waals surface area contributed by atoms with E-state index >= 15 is 0 Å². The highest BCUT2D eigenvalue weighted by Crippen LogP contribution is 2.40. The smallest absolute Gasteiger partial charge is 0.315 e. The minimum atomic E-state index is -0.258. The standard InChI is InChI=1S/C17H16FN5O/c18-12-5-3-4-11(8-12)13-9-14(13)20-17(24)19-10-16-22-21-15-6-1-2-7-23(15)16/h1-8,13-14H,9-10H2,(H2,19,20,24)/t13-,14+/m0/s1. The van der Waals surface area contributed by atoms with E-state index in [1.165, 1.54) is 12.1 Å². The van der Waals surface area contributed by atoms with E-state index in [0.717, 1.165) is 17.6 Å². The minimum Gasteiger partial charge on any atom is -0.335 e. The molecule has 2 amide bonds. The molecular formula is C17H16FN5O. The second-order valence-electron chi connectivity index (χ2n) is 5.88. The first kappa shape index (κ1) is 14.6. The molecule has 4 rings (SSSR count). The first-order chi connectivity index (χ1) is 11.7. The number of urea groups is 1. The number of carbonyl (C=O) groups excluding carboxylic acids is 1. The number of rotatable bonds is 4. The molecule has 6 nitrogen and oxygen atoms in total. The molecular weight excluding hydrogens is 309 g/mol. The van der Waals surface area contributed by atoms with Gasteiger partial charge < -0.3 is 10.6 Å². The summed E-state index contributed by atoms with van der Waals surface area (Å²) in [6.45, 7) is 0.286. The summed E-state index contributed by atoms with van der Waals surface area (Å²) >= 11 is 0. The number of amides is 2. The Labute approximate surface area is 137 Å². The second kappa shape index (κ2) is 5.92. The third-order valence-corrected chi connectivity index (χ3v) is 4.18. The maximum Gasteiger partial charge on any atom is 0.315 e. The number of aromatic nitrogens is 3. The molecule has 7 heteroatoms. The van der Waals surface area contributed by atoms with E-state index in [2.05, 4.69) is 20.8 Å². The average Bonchev–Trinajstić information content (AvgIpc) is 3.22. The van der Waals surface area contributed by atoms with Crippen molar-refractivity contribution in [1.82, 2.24) is 25.2 Å². The van der Waals surface area contributed by atoms with Gasteiger partial charge in [0.2, 0.25) is 0 Å². The summed E-state index contributed by atoms with van der Waals surface area (Å²) in [4.78, 5) is 12.0. The predicted octanol–water partition coefficient (Wildman–Crippen LogP) is 2.22. The van der Waals surface area contributed by atoms with Crippen LogP contribution in [-0.2, 0) is 6.54 Å². The van der Waals surface area contributed by atoms with Crippen molar-refractivity contribution in [3.8, 4) is 0 Å². The third-order valence-electron chi connectivity index (χ3n) is 4.18. The highest BCUT2D eigenvalue weighted by molar-refractivity contribution is 5.74. The molecule has 0 radical (unpaired) electrons. The summed E-state index contributed by atoms with van der Waals surface area (Å²) in [5, 5.41) is 13.8. The van der Waals surface area contributed by atoms with Gasteiger partial charge in [0.1, 0.15) is 5.82 Å². The molecule has 0 aliphatic heterocycles. The van der Waals surface area contributed by atoms with Crippen LogP contribution >= 0.6 is 0 Å². The van der Waals surface area contributed by atoms with Gasteiger partial charge in [0.05, 0.1) is 6.54 Å². The summed E-state index contributed by atoms with van der Waals surface area (Å²) in [6.07, 6.45) is 2.68. The van der Waals surface area contributed by atoms with Crippen LogP contribution in [0.4, 0.5) is 9.18 Å². The minimum absolute atomic E-state index is 0.0435. The normalized spacial score (nSPS) is 19.2. The van der Waals surface area contributed by atoms with Crippen molar-refractivity contribution in [3.05, 3.63) is 65.9 Å². The number of halogens is 1. The molecule has 1 saturated carbocycles. The Balaban J connectivity index is 1.32. The van der Waals surface area contributed by atoms with Gasteiger partial charge >= 0.3 is 6.03 Å². The molecule has 122 valence electrons. The number of nitrogens with one attached hydrogen (secondary N) is 2. The summed E-state index contributed by atoms with van der Waals surface area (Å²) < 4.78 is 15.1. The SMILES string of the molecule is O=C(NCc1nnc2ccccn12)N[C@@H]1C[C@H]1c1cccc(F)c1. The molecule has 1 aliphatic carbocycles. The third kappa shape index (κ3) is 2.92. The van der Waals surface area contributed by atoms with E-state index in [-0.39, 0.29) is 30.4 Å². The Morgan fingerprint density at radius 2 is 2.17 bits per heavy atom. The molecule has 24 heavy (non-hydrogen) atoms. The number of fused-ring (bicyclic) bond motifs is 1. The van der Waals surface area contributed by atoms with Crippen molar-refractivity contribution in [2.75, 3.05) is 0 Å². The lowest BCUT2D eigenvalue weighted by atomic mass is 10.1. The Hall–Kier alpha value is -2.96. The number of carbonyl (C=O) groups is 1. The van der Waals surface area contributed by atoms with Gasteiger partial charge in [-0.1, -0.05) is 18.2 Å². The van der Waals surface area contributed by atoms with Crippen molar-refractivity contribution in [2.45, 2.75) is 24.9 Å². The van der Waals surface area contributed by atoms with E-state index < -0.39 is 0 Å². The first-order valence-electron chi connectivity index (χ1n) is 7.79. The average molecular weight is 325 g/mol. The van der Waals surface area contributed by atoms with Crippen LogP contribution in [-0.4, -0.2) is 26.7 Å². The fourth-order valence-electron chi connectivity index (χ4n) is 2.85. The lowest BCUT2D eigenvalue weighted by Crippen LogP contribution is -2.37. The van der Waals surface area contributed by atoms with Gasteiger partial charge in [0.25, 0.3) is 0 Å². The molecule has 0 saturated heterocycles. The first-order valence-corrected chi connectivity index (χ1v) is 7.79. The van der Waals surface area contributed by atoms with Gasteiger partial charge in [0.15, 0.2) is 11.5 Å². The zero-order valence-corrected chi connectivity index (χ0v) is 12.8. The van der Waals surface area contributed by atoms with Crippen molar-refractivity contribution < 1.29 is 9.18 Å². The molecule has 2 heterocycles. The predicted molar refractivity (Wildman–Crippen MR) is 85.9 cm³/mol. The molecule has 2 atom stereocenters. The van der Waals surface area contributed by atoms with Gasteiger partial charge in [-0.3, -0.25) is 4.40 Å². The zero-order valence-electron chi connectivity index (χ0n) is 12.8. The van der Waals surface area contributed by atoms with E-state index in [4.69, 9.17) is 0 Å². The van der Waals surface area contributed by atoms with Crippen LogP contribution in [0.5, 0.6) is 0 Å². The van der Waals surface area contributed by atoms with Crippen molar-refractivity contribution >= 4 is 11.7 Å². The highest BCUT2D eigenvalue weighted by Gasteiger charge is 2.39. The van der Waals surface area contributed by atoms with E-state index in [1.54, 1.807) is 6.07 Å². The summed E-state index contributed by atoms with van der Waals surface area (Å²) in [6, 6.07) is 11.9. The van der Waals surface area contributed by atoms with Crippen molar-refractivity contribution in [2.24, 2.45) is 0 Å². The molecule has 0 unspecified atom stereocenters. The number of hydrogen-bond donors (Lipinski definition) is 2. The Kier molecular flexibility index (Phi) is 3.60. The lowest BCUT2D eigenvalue weighted by Gasteiger charge is -2.07. The Morgan fingerprint density at radius 3 is 3.04 bits per heavy atom. The fraction of sp³-hybridized carbons (Fsp3) is 0.235. The van der Waals surface area contributed by atoms with Crippen LogP contribution in [0.3, 0.4) is 0 Å². The van der Waals surface area contributed by atoms with Gasteiger partial charge in [-0.05, 0) is 36.2 Å². The monoisotopic (exact) mass is 325 g/mol. The van der Waals surface area contributed by atoms with Crippen molar-refractivity contribution in [1.29, 1.82) is 0 Å². The molecule has 1 aromatic carbocycles. The highest BCUT2D eigenvalue weighted by atomic mass is 19.1. The van der Waals surface area contributed by atoms with Crippen LogP contribution < -0.4 is 10.6 Å². The summed E-state index contributed by atoms with van der Waals surface area (Å²) in [5.41, 5.74) is 1.66. The zero-order chi connectivity index (χ0) is 16.5. The molecule has 2 aromatic heterocycles. The quantitative estimate of drug-likeness (QED) is 0.773. The van der Waals surface area contributed by atoms with Crippen molar-refractivity contribution in [3.63, 3.8) is 0 Å². The lowest BCUT2D eigenvalue weighted by molar-refractivity contribution is 0.239. The number of benzene rings is 1. The summed E-state index contributed by atoms with van der Waals surface area (Å²) in [5.74, 6) is 0.597. The topological polar surface area (TPSA) is 71.3 Å². The summed E-state index contributed by atoms with van der Waals surface area (Å²) in [7, 11) is 0.